The van der Waals surface area contributed by atoms with Crippen LogP contribution >= 0.6 is 0 Å². The summed E-state index contributed by atoms with van der Waals surface area (Å²) in [6.45, 7) is 5.87. The highest BCUT2D eigenvalue weighted by atomic mass is 16.6. The lowest BCUT2D eigenvalue weighted by molar-refractivity contribution is 0.0529. The Kier molecular flexibility index (Phi) is 4.43. The van der Waals surface area contributed by atoms with Crippen LogP contribution in [0.25, 0.3) is 11.1 Å². The molecule has 2 aromatic heterocycles. The molecule has 2 heterocycles. The molecule has 2 aromatic rings. The smallest absolute Gasteiger partial charge is 0.407 e. The van der Waals surface area contributed by atoms with Crippen LogP contribution in [0.2, 0.25) is 0 Å². The van der Waals surface area contributed by atoms with E-state index in [2.05, 4.69) is 27.1 Å². The van der Waals surface area contributed by atoms with E-state index in [9.17, 15) is 4.79 Å². The summed E-state index contributed by atoms with van der Waals surface area (Å²) >= 11 is 0. The molecular weight excluding hydrogens is 270 g/mol. The first-order valence-electron chi connectivity index (χ1n) is 6.58. The van der Waals surface area contributed by atoms with Crippen molar-refractivity contribution in [3.63, 3.8) is 0 Å². The molecule has 0 radical (unpaired) electrons. The van der Waals surface area contributed by atoms with Gasteiger partial charge in [-0.25, -0.2) is 9.78 Å². The molecule has 0 unspecified atom stereocenters. The Morgan fingerprint density at radius 2 is 2.24 bits per heavy atom. The number of nitrogens with one attached hydrogen (secondary N) is 1. The summed E-state index contributed by atoms with van der Waals surface area (Å²) in [4.78, 5) is 19.5. The molecule has 110 valence electrons. The number of rotatable bonds is 2. The molecule has 0 fully saturated rings. The first-order valence-corrected chi connectivity index (χ1v) is 6.58. The zero-order valence-electron chi connectivity index (χ0n) is 12.3. The molecule has 0 spiro atoms. The van der Waals surface area contributed by atoms with Crippen molar-refractivity contribution in [2.24, 2.45) is 0 Å². The molecular formula is C15H17N3O3. The molecule has 0 aliphatic rings. The van der Waals surface area contributed by atoms with Crippen LogP contribution in [0.5, 0.6) is 0 Å². The van der Waals surface area contributed by atoms with E-state index >= 15 is 0 Å². The van der Waals surface area contributed by atoms with Gasteiger partial charge in [0.05, 0.1) is 11.8 Å². The number of pyridine rings is 1. The Labute approximate surface area is 122 Å². The molecule has 1 N–H and O–H groups in total. The van der Waals surface area contributed by atoms with Gasteiger partial charge in [-0.3, -0.25) is 4.98 Å². The number of hydrogen-bond donors (Lipinski definition) is 1. The van der Waals surface area contributed by atoms with E-state index in [4.69, 9.17) is 9.15 Å². The van der Waals surface area contributed by atoms with Gasteiger partial charge in [0.15, 0.2) is 12.0 Å². The number of carbonyl (C=O) groups is 1. The zero-order valence-corrected chi connectivity index (χ0v) is 12.3. The highest BCUT2D eigenvalue weighted by Gasteiger charge is 2.15. The summed E-state index contributed by atoms with van der Waals surface area (Å²) in [7, 11) is 0. The van der Waals surface area contributed by atoms with Gasteiger partial charge < -0.3 is 14.5 Å². The molecule has 21 heavy (non-hydrogen) atoms. The number of amides is 1. The maximum Gasteiger partial charge on any atom is 0.407 e. The molecule has 6 heteroatoms. The van der Waals surface area contributed by atoms with Gasteiger partial charge in [-0.15, -0.1) is 0 Å². The largest absolute Gasteiger partial charge is 0.444 e. The van der Waals surface area contributed by atoms with Crippen LogP contribution in [-0.4, -0.2) is 28.2 Å². The zero-order chi connectivity index (χ0) is 15.3. The maximum absolute atomic E-state index is 11.4. The summed E-state index contributed by atoms with van der Waals surface area (Å²) in [5.41, 5.74) is 1.48. The summed E-state index contributed by atoms with van der Waals surface area (Å²) in [6, 6.07) is 0. The van der Waals surface area contributed by atoms with E-state index in [0.29, 0.717) is 29.6 Å². The van der Waals surface area contributed by atoms with Gasteiger partial charge in [0.2, 0.25) is 0 Å². The second-order valence-electron chi connectivity index (χ2n) is 5.37. The van der Waals surface area contributed by atoms with Crippen molar-refractivity contribution in [1.82, 2.24) is 15.3 Å². The van der Waals surface area contributed by atoms with Gasteiger partial charge in [0, 0.05) is 19.2 Å². The minimum Gasteiger partial charge on any atom is -0.444 e. The molecule has 0 aliphatic heterocycles. The normalized spacial score (nSPS) is 10.8. The minimum absolute atomic E-state index is 0.418. The average Bonchev–Trinajstić information content (AvgIpc) is 2.85. The van der Waals surface area contributed by atoms with Crippen LogP contribution in [0.1, 0.15) is 32.8 Å². The van der Waals surface area contributed by atoms with Crippen molar-refractivity contribution in [2.45, 2.75) is 32.8 Å². The standard InChI is InChI=1S/C15H17N3O3/c1-15(2,3)21-14(19)17-7-5-4-6-11-8-16-9-12-13(11)20-10-18-12/h8-10H,5,7H2,1-3H3,(H,17,19). The summed E-state index contributed by atoms with van der Waals surface area (Å²) in [5, 5.41) is 2.64. The topological polar surface area (TPSA) is 77.2 Å². The van der Waals surface area contributed by atoms with Gasteiger partial charge in [-0.2, -0.15) is 0 Å². The molecule has 0 saturated carbocycles. The van der Waals surface area contributed by atoms with Crippen LogP contribution in [0.15, 0.2) is 23.2 Å². The second kappa shape index (κ2) is 6.27. The van der Waals surface area contributed by atoms with Gasteiger partial charge in [-0.1, -0.05) is 11.8 Å². The molecule has 0 saturated heterocycles. The van der Waals surface area contributed by atoms with Crippen LogP contribution < -0.4 is 5.32 Å². The van der Waals surface area contributed by atoms with E-state index in [1.807, 2.05) is 20.8 Å². The fraction of sp³-hybridized carbons (Fsp3) is 0.400. The lowest BCUT2D eigenvalue weighted by Crippen LogP contribution is -2.32. The fourth-order valence-electron chi connectivity index (χ4n) is 1.58. The van der Waals surface area contributed by atoms with Gasteiger partial charge in [0.25, 0.3) is 0 Å². The highest BCUT2D eigenvalue weighted by molar-refractivity contribution is 5.77. The number of carbonyl (C=O) groups excluding carboxylic acids is 1. The van der Waals surface area contributed by atoms with E-state index in [-0.39, 0.29) is 0 Å². The van der Waals surface area contributed by atoms with Crippen molar-refractivity contribution in [3.05, 3.63) is 24.4 Å². The number of nitrogens with zero attached hydrogens (tertiary/aromatic N) is 2. The molecule has 0 aliphatic carbocycles. The van der Waals surface area contributed by atoms with E-state index in [1.54, 1.807) is 12.4 Å². The van der Waals surface area contributed by atoms with Gasteiger partial charge in [-0.05, 0) is 20.8 Å². The summed E-state index contributed by atoms with van der Waals surface area (Å²) in [5.74, 6) is 5.91. The Morgan fingerprint density at radius 3 is 3.00 bits per heavy atom. The minimum atomic E-state index is -0.497. The molecule has 0 atom stereocenters. The monoisotopic (exact) mass is 287 g/mol. The number of aromatic nitrogens is 2. The quantitative estimate of drug-likeness (QED) is 0.678. The third kappa shape index (κ3) is 4.49. The summed E-state index contributed by atoms with van der Waals surface area (Å²) < 4.78 is 10.4. The predicted molar refractivity (Wildman–Crippen MR) is 77.5 cm³/mol. The Hall–Kier alpha value is -2.55. The van der Waals surface area contributed by atoms with Crippen LogP contribution in [-0.2, 0) is 4.74 Å². The van der Waals surface area contributed by atoms with E-state index < -0.39 is 11.7 Å². The Bertz CT molecular complexity index is 689. The molecule has 6 nitrogen and oxygen atoms in total. The number of hydrogen-bond acceptors (Lipinski definition) is 5. The SMILES string of the molecule is CC(C)(C)OC(=O)NCCC#Cc1cncc2ncoc12. The average molecular weight is 287 g/mol. The maximum atomic E-state index is 11.4. The number of alkyl carbamates (subject to hydrolysis) is 1. The third-order valence-corrected chi connectivity index (χ3v) is 2.38. The summed E-state index contributed by atoms with van der Waals surface area (Å²) in [6.07, 6.45) is 4.67. The van der Waals surface area contributed by atoms with Gasteiger partial charge in [0.1, 0.15) is 11.1 Å². The van der Waals surface area contributed by atoms with Crippen LogP contribution in [0.4, 0.5) is 4.79 Å². The number of fused-ring (bicyclic) bond motifs is 1. The fourth-order valence-corrected chi connectivity index (χ4v) is 1.58. The lowest BCUT2D eigenvalue weighted by atomic mass is 10.2. The van der Waals surface area contributed by atoms with Gasteiger partial charge >= 0.3 is 6.09 Å². The van der Waals surface area contributed by atoms with Crippen molar-refractivity contribution >= 4 is 17.2 Å². The van der Waals surface area contributed by atoms with Crippen molar-refractivity contribution < 1.29 is 13.9 Å². The highest BCUT2D eigenvalue weighted by Crippen LogP contribution is 2.14. The molecule has 1 amide bonds. The van der Waals surface area contributed by atoms with E-state index in [0.717, 1.165) is 0 Å². The van der Waals surface area contributed by atoms with Crippen LogP contribution in [0, 0.1) is 11.8 Å². The first-order chi connectivity index (χ1) is 9.96. The third-order valence-electron chi connectivity index (χ3n) is 2.38. The molecule has 0 aromatic carbocycles. The number of oxazole rings is 1. The Morgan fingerprint density at radius 1 is 1.43 bits per heavy atom. The second-order valence-corrected chi connectivity index (χ2v) is 5.37. The van der Waals surface area contributed by atoms with Crippen molar-refractivity contribution in [2.75, 3.05) is 6.54 Å². The lowest BCUT2D eigenvalue weighted by Gasteiger charge is -2.19. The van der Waals surface area contributed by atoms with E-state index in [1.165, 1.54) is 6.39 Å². The first kappa shape index (κ1) is 14.9. The number of ether oxygens (including phenoxy) is 1. The molecule has 2 rings (SSSR count). The van der Waals surface area contributed by atoms with Crippen molar-refractivity contribution in [3.8, 4) is 11.8 Å². The Balaban J connectivity index is 1.85. The predicted octanol–water partition coefficient (Wildman–Crippen LogP) is 2.49. The van der Waals surface area contributed by atoms with Crippen LogP contribution in [0.3, 0.4) is 0 Å². The van der Waals surface area contributed by atoms with Crippen molar-refractivity contribution in [1.29, 1.82) is 0 Å². The molecule has 0 bridgehead atoms.